The van der Waals surface area contributed by atoms with E-state index in [2.05, 4.69) is 16.4 Å². The van der Waals surface area contributed by atoms with Crippen LogP contribution in [0.4, 0.5) is 0 Å². The van der Waals surface area contributed by atoms with Gasteiger partial charge in [-0.1, -0.05) is 6.07 Å². The van der Waals surface area contributed by atoms with Gasteiger partial charge in [0, 0.05) is 52.0 Å². The van der Waals surface area contributed by atoms with Crippen molar-refractivity contribution in [1.29, 1.82) is 0 Å². The average Bonchev–Trinajstić information content (AvgIpc) is 2.63. The van der Waals surface area contributed by atoms with Gasteiger partial charge < -0.3 is 15.1 Å². The summed E-state index contributed by atoms with van der Waals surface area (Å²) in [6.07, 6.45) is 6.83. The van der Waals surface area contributed by atoms with Gasteiger partial charge in [-0.15, -0.1) is 0 Å². The number of carbonyl (C=O) groups is 2. The van der Waals surface area contributed by atoms with Crippen LogP contribution in [0.25, 0.3) is 0 Å². The molecular weight excluding hydrogens is 304 g/mol. The van der Waals surface area contributed by atoms with E-state index in [0.717, 1.165) is 32.4 Å². The molecule has 3 heterocycles. The number of likely N-dealkylation sites (tertiary alicyclic amines) is 1. The molecule has 1 aromatic heterocycles. The maximum Gasteiger partial charge on any atom is 0.241 e. The van der Waals surface area contributed by atoms with Crippen molar-refractivity contribution in [3.8, 4) is 0 Å². The molecule has 3 rings (SSSR count). The topological polar surface area (TPSA) is 65.5 Å². The molecule has 6 heteroatoms. The highest BCUT2D eigenvalue weighted by Crippen LogP contribution is 2.22. The van der Waals surface area contributed by atoms with Gasteiger partial charge in [0.1, 0.15) is 6.04 Å². The molecule has 2 saturated heterocycles. The van der Waals surface area contributed by atoms with E-state index in [1.165, 1.54) is 5.56 Å². The molecule has 1 atom stereocenters. The largest absolute Gasteiger partial charge is 0.341 e. The van der Waals surface area contributed by atoms with Gasteiger partial charge in [0.25, 0.3) is 0 Å². The van der Waals surface area contributed by atoms with Gasteiger partial charge in [0.15, 0.2) is 0 Å². The molecule has 24 heavy (non-hydrogen) atoms. The van der Waals surface area contributed by atoms with Gasteiger partial charge in [0.05, 0.1) is 0 Å². The second kappa shape index (κ2) is 7.75. The molecule has 0 radical (unpaired) electrons. The van der Waals surface area contributed by atoms with Crippen LogP contribution in [0, 0.1) is 5.92 Å². The number of nitrogens with zero attached hydrogens (tertiary/aromatic N) is 3. The van der Waals surface area contributed by atoms with Crippen molar-refractivity contribution in [3.05, 3.63) is 30.1 Å². The SMILES string of the molecule is CC(=O)N1CCN[C@H](C(=O)N2CCC(Cc3cccnc3)CC2)C1. The lowest BCUT2D eigenvalue weighted by Crippen LogP contribution is -2.59. The zero-order chi connectivity index (χ0) is 16.9. The number of amides is 2. The molecule has 2 amide bonds. The highest BCUT2D eigenvalue weighted by molar-refractivity contribution is 5.83. The summed E-state index contributed by atoms with van der Waals surface area (Å²) in [4.78, 5) is 32.1. The fraction of sp³-hybridized carbons (Fsp3) is 0.611. The molecule has 0 unspecified atom stereocenters. The summed E-state index contributed by atoms with van der Waals surface area (Å²) in [6, 6.07) is 3.84. The maximum absolute atomic E-state index is 12.7. The lowest BCUT2D eigenvalue weighted by Gasteiger charge is -2.38. The van der Waals surface area contributed by atoms with Crippen LogP contribution < -0.4 is 5.32 Å². The Morgan fingerprint density at radius 2 is 2.04 bits per heavy atom. The Labute approximate surface area is 143 Å². The molecule has 130 valence electrons. The first-order valence-corrected chi connectivity index (χ1v) is 8.80. The Morgan fingerprint density at radius 1 is 1.25 bits per heavy atom. The molecule has 0 spiro atoms. The fourth-order valence-corrected chi connectivity index (χ4v) is 3.63. The summed E-state index contributed by atoms with van der Waals surface area (Å²) in [5, 5.41) is 3.26. The minimum absolute atomic E-state index is 0.0458. The minimum Gasteiger partial charge on any atom is -0.341 e. The Kier molecular flexibility index (Phi) is 5.45. The lowest BCUT2D eigenvalue weighted by atomic mass is 9.90. The van der Waals surface area contributed by atoms with Crippen LogP contribution in [-0.2, 0) is 16.0 Å². The Bertz CT molecular complexity index is 570. The Hall–Kier alpha value is -1.95. The van der Waals surface area contributed by atoms with E-state index < -0.39 is 0 Å². The number of hydrogen-bond donors (Lipinski definition) is 1. The first-order chi connectivity index (χ1) is 11.6. The van der Waals surface area contributed by atoms with Crippen LogP contribution in [0.2, 0.25) is 0 Å². The van der Waals surface area contributed by atoms with Crippen LogP contribution in [0.3, 0.4) is 0 Å². The van der Waals surface area contributed by atoms with E-state index in [-0.39, 0.29) is 17.9 Å². The van der Waals surface area contributed by atoms with Crippen molar-refractivity contribution in [1.82, 2.24) is 20.1 Å². The van der Waals surface area contributed by atoms with Crippen LogP contribution in [0.5, 0.6) is 0 Å². The first kappa shape index (κ1) is 16.9. The van der Waals surface area contributed by atoms with Crippen molar-refractivity contribution in [3.63, 3.8) is 0 Å². The van der Waals surface area contributed by atoms with Crippen LogP contribution in [0.15, 0.2) is 24.5 Å². The summed E-state index contributed by atoms with van der Waals surface area (Å²) in [5.74, 6) is 0.802. The van der Waals surface area contributed by atoms with E-state index >= 15 is 0 Å². The van der Waals surface area contributed by atoms with Crippen molar-refractivity contribution < 1.29 is 9.59 Å². The molecule has 0 saturated carbocycles. The van der Waals surface area contributed by atoms with Crippen molar-refractivity contribution in [2.45, 2.75) is 32.2 Å². The molecule has 1 N–H and O–H groups in total. The normalized spacial score (nSPS) is 22.5. The summed E-state index contributed by atoms with van der Waals surface area (Å²) in [7, 11) is 0. The van der Waals surface area contributed by atoms with Gasteiger partial charge in [-0.2, -0.15) is 0 Å². The van der Waals surface area contributed by atoms with Crippen molar-refractivity contribution in [2.24, 2.45) is 5.92 Å². The van der Waals surface area contributed by atoms with E-state index in [9.17, 15) is 9.59 Å². The lowest BCUT2D eigenvalue weighted by molar-refractivity contribution is -0.138. The summed E-state index contributed by atoms with van der Waals surface area (Å²) >= 11 is 0. The second-order valence-electron chi connectivity index (χ2n) is 6.81. The van der Waals surface area contributed by atoms with E-state index in [0.29, 0.717) is 25.6 Å². The molecule has 2 fully saturated rings. The number of piperidine rings is 1. The molecule has 0 aliphatic carbocycles. The van der Waals surface area contributed by atoms with Gasteiger partial charge in [0.2, 0.25) is 11.8 Å². The van der Waals surface area contributed by atoms with Gasteiger partial charge in [-0.25, -0.2) is 0 Å². The average molecular weight is 330 g/mol. The molecule has 1 aromatic rings. The van der Waals surface area contributed by atoms with Crippen LogP contribution >= 0.6 is 0 Å². The number of carbonyl (C=O) groups excluding carboxylic acids is 2. The third-order valence-corrected chi connectivity index (χ3v) is 5.09. The summed E-state index contributed by atoms with van der Waals surface area (Å²) in [5.41, 5.74) is 1.27. The van der Waals surface area contributed by atoms with E-state index in [1.54, 1.807) is 18.0 Å². The molecule has 2 aliphatic heterocycles. The molecular formula is C18H26N4O2. The van der Waals surface area contributed by atoms with Crippen LogP contribution in [-0.4, -0.2) is 65.4 Å². The predicted molar refractivity (Wildman–Crippen MR) is 91.3 cm³/mol. The zero-order valence-electron chi connectivity index (χ0n) is 14.3. The molecule has 2 aliphatic rings. The number of aromatic nitrogens is 1. The quantitative estimate of drug-likeness (QED) is 0.885. The Morgan fingerprint density at radius 3 is 2.71 bits per heavy atom. The minimum atomic E-state index is -0.252. The van der Waals surface area contributed by atoms with Crippen molar-refractivity contribution in [2.75, 3.05) is 32.7 Å². The standard InChI is InChI=1S/C18H26N4O2/c1-14(23)22-10-7-20-17(13-22)18(24)21-8-4-15(5-9-21)11-16-3-2-6-19-12-16/h2-3,6,12,15,17,20H,4-5,7-11,13H2,1H3/t17-/m0/s1. The van der Waals surface area contributed by atoms with E-state index in [1.807, 2.05) is 17.2 Å². The number of pyridine rings is 1. The van der Waals surface area contributed by atoms with Gasteiger partial charge in [-0.3, -0.25) is 14.6 Å². The summed E-state index contributed by atoms with van der Waals surface area (Å²) in [6.45, 7) is 5.05. The second-order valence-corrected chi connectivity index (χ2v) is 6.81. The third kappa shape index (κ3) is 4.12. The summed E-state index contributed by atoms with van der Waals surface area (Å²) < 4.78 is 0. The monoisotopic (exact) mass is 330 g/mol. The third-order valence-electron chi connectivity index (χ3n) is 5.09. The van der Waals surface area contributed by atoms with Crippen LogP contribution in [0.1, 0.15) is 25.3 Å². The highest BCUT2D eigenvalue weighted by atomic mass is 16.2. The highest BCUT2D eigenvalue weighted by Gasteiger charge is 2.31. The first-order valence-electron chi connectivity index (χ1n) is 8.80. The van der Waals surface area contributed by atoms with Crippen molar-refractivity contribution >= 4 is 11.8 Å². The molecule has 0 bridgehead atoms. The maximum atomic E-state index is 12.7. The number of nitrogens with one attached hydrogen (secondary N) is 1. The zero-order valence-corrected chi connectivity index (χ0v) is 14.3. The van der Waals surface area contributed by atoms with Gasteiger partial charge in [-0.05, 0) is 36.8 Å². The Balaban J connectivity index is 1.49. The number of rotatable bonds is 3. The van der Waals surface area contributed by atoms with Gasteiger partial charge >= 0.3 is 0 Å². The molecule has 0 aromatic carbocycles. The predicted octanol–water partition coefficient (Wildman–Crippen LogP) is 0.683. The van der Waals surface area contributed by atoms with E-state index in [4.69, 9.17) is 0 Å². The smallest absolute Gasteiger partial charge is 0.241 e. The number of hydrogen-bond acceptors (Lipinski definition) is 4. The fourth-order valence-electron chi connectivity index (χ4n) is 3.63. The number of piperazine rings is 1. The molecule has 6 nitrogen and oxygen atoms in total.